The van der Waals surface area contributed by atoms with Crippen molar-refractivity contribution in [2.24, 2.45) is 5.92 Å². The molecule has 1 aromatic carbocycles. The molecule has 106 valence electrons. The maximum Gasteiger partial charge on any atom is 0.129 e. The number of hydrogen-bond acceptors (Lipinski definition) is 0. The predicted molar refractivity (Wildman–Crippen MR) is 71.0 cm³/mol. The molecule has 1 saturated carbocycles. The summed E-state index contributed by atoms with van der Waals surface area (Å²) in [5.74, 6) is -0.0533. The number of rotatable bonds is 4. The summed E-state index contributed by atoms with van der Waals surface area (Å²) in [6.07, 6.45) is 5.59. The van der Waals surface area contributed by atoms with Crippen molar-refractivity contribution in [1.82, 2.24) is 0 Å². The first-order valence-corrected chi connectivity index (χ1v) is 7.13. The Morgan fingerprint density at radius 1 is 1.05 bits per heavy atom. The Balaban J connectivity index is 1.98. The maximum atomic E-state index is 13.6. The van der Waals surface area contributed by atoms with Gasteiger partial charge in [-0.1, -0.05) is 0 Å². The fourth-order valence-electron chi connectivity index (χ4n) is 3.05. The van der Waals surface area contributed by atoms with Crippen molar-refractivity contribution in [3.63, 3.8) is 0 Å². The lowest BCUT2D eigenvalue weighted by Gasteiger charge is -2.28. The summed E-state index contributed by atoms with van der Waals surface area (Å²) in [6.45, 7) is 1.22. The quantitative estimate of drug-likeness (QED) is 0.696. The van der Waals surface area contributed by atoms with Crippen LogP contribution in [0.4, 0.5) is 13.2 Å². The largest absolute Gasteiger partial charge is 0.251 e. The lowest BCUT2D eigenvalue weighted by atomic mass is 9.77. The van der Waals surface area contributed by atoms with Gasteiger partial charge in [-0.05, 0) is 75.0 Å². The van der Waals surface area contributed by atoms with Gasteiger partial charge in [0.2, 0.25) is 0 Å². The third-order valence-corrected chi connectivity index (χ3v) is 4.37. The molecular formula is C16H21F3. The van der Waals surface area contributed by atoms with E-state index in [2.05, 4.69) is 0 Å². The van der Waals surface area contributed by atoms with Crippen LogP contribution in [-0.4, -0.2) is 6.67 Å². The highest BCUT2D eigenvalue weighted by Crippen LogP contribution is 2.38. The van der Waals surface area contributed by atoms with Gasteiger partial charge < -0.3 is 0 Å². The third kappa shape index (κ3) is 3.52. The van der Waals surface area contributed by atoms with Gasteiger partial charge in [0, 0.05) is 5.56 Å². The molecule has 2 rings (SSSR count). The lowest BCUT2D eigenvalue weighted by Crippen LogP contribution is -2.14. The summed E-state index contributed by atoms with van der Waals surface area (Å²) in [7, 11) is 0. The molecule has 0 N–H and O–H groups in total. The molecule has 1 aromatic rings. The van der Waals surface area contributed by atoms with Crippen molar-refractivity contribution in [2.75, 3.05) is 6.67 Å². The Hall–Kier alpha value is -0.990. The molecule has 0 radical (unpaired) electrons. The topological polar surface area (TPSA) is 0 Å². The summed E-state index contributed by atoms with van der Waals surface area (Å²) >= 11 is 0. The fourth-order valence-corrected chi connectivity index (χ4v) is 3.05. The van der Waals surface area contributed by atoms with Gasteiger partial charge in [0.15, 0.2) is 0 Å². The second kappa shape index (κ2) is 6.44. The molecule has 0 nitrogen and oxygen atoms in total. The molecule has 19 heavy (non-hydrogen) atoms. The Morgan fingerprint density at radius 2 is 1.63 bits per heavy atom. The van der Waals surface area contributed by atoms with Crippen LogP contribution in [0.1, 0.15) is 55.6 Å². The van der Waals surface area contributed by atoms with Gasteiger partial charge in [0.05, 0.1) is 6.67 Å². The molecule has 0 aliphatic heterocycles. The van der Waals surface area contributed by atoms with Gasteiger partial charge >= 0.3 is 0 Å². The summed E-state index contributed by atoms with van der Waals surface area (Å²) < 4.78 is 39.2. The van der Waals surface area contributed by atoms with Crippen LogP contribution in [0.2, 0.25) is 0 Å². The van der Waals surface area contributed by atoms with Gasteiger partial charge in [-0.3, -0.25) is 4.39 Å². The minimum atomic E-state index is -0.449. The van der Waals surface area contributed by atoms with E-state index in [0.717, 1.165) is 37.7 Å². The normalized spacial score (nSPS) is 23.6. The molecule has 0 heterocycles. The van der Waals surface area contributed by atoms with Crippen molar-refractivity contribution < 1.29 is 13.2 Å². The van der Waals surface area contributed by atoms with Crippen molar-refractivity contribution in [3.8, 4) is 0 Å². The monoisotopic (exact) mass is 270 g/mol. The minimum absolute atomic E-state index is 0.0976. The highest BCUT2D eigenvalue weighted by molar-refractivity contribution is 5.28. The minimum Gasteiger partial charge on any atom is -0.251 e. The molecule has 1 fully saturated rings. The van der Waals surface area contributed by atoms with Crippen LogP contribution in [-0.2, 0) is 0 Å². The zero-order valence-corrected chi connectivity index (χ0v) is 11.4. The number of halogens is 3. The van der Waals surface area contributed by atoms with Crippen LogP contribution in [0.3, 0.4) is 0 Å². The number of alkyl halides is 1. The van der Waals surface area contributed by atoms with E-state index in [4.69, 9.17) is 0 Å². The van der Waals surface area contributed by atoms with E-state index >= 15 is 0 Å². The molecule has 1 aliphatic rings. The van der Waals surface area contributed by atoms with Crippen LogP contribution in [0.15, 0.2) is 12.1 Å². The van der Waals surface area contributed by atoms with E-state index in [9.17, 15) is 13.2 Å². The van der Waals surface area contributed by atoms with Gasteiger partial charge in [-0.15, -0.1) is 0 Å². The molecule has 0 saturated heterocycles. The molecule has 0 atom stereocenters. The molecule has 0 unspecified atom stereocenters. The summed E-state index contributed by atoms with van der Waals surface area (Å²) in [5, 5.41) is 0. The van der Waals surface area contributed by atoms with Gasteiger partial charge in [0.25, 0.3) is 0 Å². The molecule has 0 amide bonds. The van der Waals surface area contributed by atoms with E-state index in [0.29, 0.717) is 12.3 Å². The van der Waals surface area contributed by atoms with E-state index in [1.165, 1.54) is 19.1 Å². The van der Waals surface area contributed by atoms with E-state index in [1.807, 2.05) is 0 Å². The Morgan fingerprint density at radius 3 is 2.16 bits per heavy atom. The second-order valence-corrected chi connectivity index (χ2v) is 5.66. The van der Waals surface area contributed by atoms with Gasteiger partial charge in [0.1, 0.15) is 11.6 Å². The van der Waals surface area contributed by atoms with E-state index in [1.54, 1.807) is 0 Å². The zero-order valence-electron chi connectivity index (χ0n) is 11.4. The molecular weight excluding hydrogens is 249 g/mol. The molecule has 3 heteroatoms. The average Bonchev–Trinajstić information content (AvgIpc) is 2.42. The second-order valence-electron chi connectivity index (χ2n) is 5.66. The predicted octanol–water partition coefficient (Wildman–Crippen LogP) is 5.30. The van der Waals surface area contributed by atoms with Crippen molar-refractivity contribution in [3.05, 3.63) is 34.9 Å². The molecule has 1 aliphatic carbocycles. The Kier molecular flexibility index (Phi) is 4.89. The Labute approximate surface area is 113 Å². The Bertz CT molecular complexity index is 397. The highest BCUT2D eigenvalue weighted by Gasteiger charge is 2.23. The third-order valence-electron chi connectivity index (χ3n) is 4.37. The summed E-state index contributed by atoms with van der Waals surface area (Å²) in [6, 6.07) is 2.95. The first-order chi connectivity index (χ1) is 9.11. The SMILES string of the molecule is Cc1c(F)cc(C2CCC(CCCF)CC2)cc1F. The van der Waals surface area contributed by atoms with Crippen LogP contribution in [0, 0.1) is 24.5 Å². The molecule has 0 bridgehead atoms. The first kappa shape index (κ1) is 14.4. The standard InChI is InChI=1S/C16H21F3/c1-11-15(18)9-14(10-16(11)19)13-6-4-12(5-7-13)3-2-8-17/h9-10,12-13H,2-8H2,1H3. The van der Waals surface area contributed by atoms with E-state index < -0.39 is 11.6 Å². The van der Waals surface area contributed by atoms with Crippen molar-refractivity contribution in [1.29, 1.82) is 0 Å². The van der Waals surface area contributed by atoms with Gasteiger partial charge in [-0.2, -0.15) is 0 Å². The van der Waals surface area contributed by atoms with Crippen molar-refractivity contribution in [2.45, 2.75) is 51.4 Å². The maximum absolute atomic E-state index is 13.6. The number of benzene rings is 1. The van der Waals surface area contributed by atoms with Crippen LogP contribution < -0.4 is 0 Å². The van der Waals surface area contributed by atoms with Crippen LogP contribution in [0.25, 0.3) is 0 Å². The van der Waals surface area contributed by atoms with Crippen LogP contribution >= 0.6 is 0 Å². The van der Waals surface area contributed by atoms with E-state index in [-0.39, 0.29) is 18.2 Å². The smallest absolute Gasteiger partial charge is 0.129 e. The number of hydrogen-bond donors (Lipinski definition) is 0. The lowest BCUT2D eigenvalue weighted by molar-refractivity contribution is 0.293. The first-order valence-electron chi connectivity index (χ1n) is 7.13. The average molecular weight is 270 g/mol. The van der Waals surface area contributed by atoms with Crippen LogP contribution in [0.5, 0.6) is 0 Å². The van der Waals surface area contributed by atoms with Gasteiger partial charge in [-0.25, -0.2) is 8.78 Å². The fraction of sp³-hybridized carbons (Fsp3) is 0.625. The summed E-state index contributed by atoms with van der Waals surface area (Å²) in [5.41, 5.74) is 0.880. The molecule has 0 spiro atoms. The summed E-state index contributed by atoms with van der Waals surface area (Å²) in [4.78, 5) is 0. The molecule has 0 aromatic heterocycles. The highest BCUT2D eigenvalue weighted by atomic mass is 19.1. The van der Waals surface area contributed by atoms with Crippen molar-refractivity contribution >= 4 is 0 Å². The zero-order chi connectivity index (χ0) is 13.8.